The maximum Gasteiger partial charge on any atom is 0.159 e. The van der Waals surface area contributed by atoms with E-state index in [0.717, 1.165) is 33.4 Å². The zero-order chi connectivity index (χ0) is 14.2. The van der Waals surface area contributed by atoms with E-state index in [2.05, 4.69) is 0 Å². The van der Waals surface area contributed by atoms with Gasteiger partial charge in [0.25, 0.3) is 0 Å². The predicted molar refractivity (Wildman–Crippen MR) is 80.3 cm³/mol. The Morgan fingerprint density at radius 1 is 0.789 bits per heavy atom. The van der Waals surface area contributed by atoms with E-state index in [1.165, 1.54) is 0 Å². The molecule has 1 heteroatoms. The van der Waals surface area contributed by atoms with Gasteiger partial charge in [0.2, 0.25) is 0 Å². The van der Waals surface area contributed by atoms with Crippen molar-refractivity contribution in [3.8, 4) is 11.1 Å². The van der Waals surface area contributed by atoms with E-state index >= 15 is 0 Å². The lowest BCUT2D eigenvalue weighted by Crippen LogP contribution is -2.13. The molecule has 0 saturated heterocycles. The van der Waals surface area contributed by atoms with E-state index in [9.17, 15) is 4.39 Å². The molecule has 1 aliphatic carbocycles. The summed E-state index contributed by atoms with van der Waals surface area (Å²) in [6, 6.07) is 12.1. The first-order valence-electron chi connectivity index (χ1n) is 6.92. The summed E-state index contributed by atoms with van der Waals surface area (Å²) in [4.78, 5) is 0. The fraction of sp³-hybridized carbons (Fsp3) is 0.333. The maximum atomic E-state index is 15.0. The third kappa shape index (κ3) is 2.07. The van der Waals surface area contributed by atoms with Crippen LogP contribution in [-0.2, 0) is 5.67 Å². The summed E-state index contributed by atoms with van der Waals surface area (Å²) in [5.74, 6) is 0. The third-order valence-electron chi connectivity index (χ3n) is 3.65. The molecule has 0 spiro atoms. The van der Waals surface area contributed by atoms with Gasteiger partial charge in [0.05, 0.1) is 0 Å². The van der Waals surface area contributed by atoms with E-state index in [-0.39, 0.29) is 0 Å². The summed E-state index contributed by atoms with van der Waals surface area (Å²) < 4.78 is 15.0. The summed E-state index contributed by atoms with van der Waals surface area (Å²) in [6.07, 6.45) is 0. The molecule has 0 aliphatic heterocycles. The van der Waals surface area contributed by atoms with Crippen molar-refractivity contribution in [2.24, 2.45) is 0 Å². The molecule has 0 heterocycles. The van der Waals surface area contributed by atoms with Crippen LogP contribution >= 0.6 is 0 Å². The van der Waals surface area contributed by atoms with E-state index in [4.69, 9.17) is 0 Å². The van der Waals surface area contributed by atoms with Gasteiger partial charge in [-0.3, -0.25) is 0 Å². The van der Waals surface area contributed by atoms with Crippen LogP contribution < -0.4 is 0 Å². The van der Waals surface area contributed by atoms with Crippen molar-refractivity contribution >= 4 is 0 Å². The lowest BCUT2D eigenvalue weighted by molar-refractivity contribution is 0.258. The van der Waals surface area contributed by atoms with Crippen LogP contribution in [0, 0.1) is 13.8 Å². The van der Waals surface area contributed by atoms with E-state index in [0.29, 0.717) is 0 Å². The highest BCUT2D eigenvalue weighted by Crippen LogP contribution is 2.50. The van der Waals surface area contributed by atoms with Crippen LogP contribution in [0.15, 0.2) is 36.4 Å². The smallest absolute Gasteiger partial charge is 0.159 e. The molecule has 0 aromatic heterocycles. The van der Waals surface area contributed by atoms with Crippen molar-refractivity contribution in [1.82, 2.24) is 0 Å². The maximum absolute atomic E-state index is 15.0. The SMILES string of the molecule is CC.Cc1ccc2c(c1)C(C)(F)c1cc(C)ccc1-2. The zero-order valence-corrected chi connectivity index (χ0v) is 12.3. The minimum absolute atomic E-state index is 0.804. The van der Waals surface area contributed by atoms with Crippen molar-refractivity contribution in [3.05, 3.63) is 58.7 Å². The summed E-state index contributed by atoms with van der Waals surface area (Å²) in [6.45, 7) is 9.67. The Balaban J connectivity index is 0.000000637. The van der Waals surface area contributed by atoms with Crippen LogP contribution in [0.5, 0.6) is 0 Å². The van der Waals surface area contributed by atoms with Gasteiger partial charge in [0, 0.05) is 11.1 Å². The van der Waals surface area contributed by atoms with Crippen LogP contribution in [0.25, 0.3) is 11.1 Å². The Morgan fingerprint density at radius 2 is 1.16 bits per heavy atom. The molecule has 3 rings (SSSR count). The van der Waals surface area contributed by atoms with Crippen molar-refractivity contribution < 1.29 is 4.39 Å². The highest BCUT2D eigenvalue weighted by molar-refractivity contribution is 5.80. The molecule has 19 heavy (non-hydrogen) atoms. The minimum Gasteiger partial charge on any atom is -0.234 e. The molecule has 0 fully saturated rings. The Hall–Kier alpha value is -1.63. The predicted octanol–water partition coefficient (Wildman–Crippen LogP) is 5.54. The molecule has 0 N–H and O–H groups in total. The molecule has 0 unspecified atom stereocenters. The van der Waals surface area contributed by atoms with Gasteiger partial charge in [-0.1, -0.05) is 61.4 Å². The Labute approximate surface area is 115 Å². The fourth-order valence-corrected chi connectivity index (χ4v) is 2.71. The Kier molecular flexibility index (Phi) is 3.49. The van der Waals surface area contributed by atoms with Gasteiger partial charge < -0.3 is 0 Å². The normalized spacial score (nSPS) is 14.2. The standard InChI is InChI=1S/C16H15F.C2H6/c1-10-4-6-12-13-7-5-11(2)9-15(13)16(3,17)14(12)8-10;1-2/h4-9H,1-3H3;1-2H3. The van der Waals surface area contributed by atoms with Gasteiger partial charge >= 0.3 is 0 Å². The molecule has 2 aromatic rings. The van der Waals surface area contributed by atoms with Gasteiger partial charge in [-0.25, -0.2) is 4.39 Å². The fourth-order valence-electron chi connectivity index (χ4n) is 2.71. The summed E-state index contributed by atoms with van der Waals surface area (Å²) in [5.41, 5.74) is 4.54. The second-order valence-electron chi connectivity index (χ2n) is 5.10. The number of hydrogen-bond donors (Lipinski definition) is 0. The molecule has 0 nitrogen and oxygen atoms in total. The van der Waals surface area contributed by atoms with Crippen molar-refractivity contribution in [2.75, 3.05) is 0 Å². The molecular weight excluding hydrogens is 235 g/mol. The summed E-state index contributed by atoms with van der Waals surface area (Å²) >= 11 is 0. The molecule has 100 valence electrons. The molecule has 1 aliphatic rings. The Morgan fingerprint density at radius 3 is 1.53 bits per heavy atom. The molecule has 2 aromatic carbocycles. The van der Waals surface area contributed by atoms with Crippen LogP contribution in [0.2, 0.25) is 0 Å². The topological polar surface area (TPSA) is 0 Å². The number of hydrogen-bond acceptors (Lipinski definition) is 0. The van der Waals surface area contributed by atoms with Gasteiger partial charge in [-0.15, -0.1) is 0 Å². The molecular formula is C18H21F. The first-order chi connectivity index (χ1) is 9.00. The largest absolute Gasteiger partial charge is 0.234 e. The lowest BCUT2D eigenvalue weighted by Gasteiger charge is -2.17. The third-order valence-corrected chi connectivity index (χ3v) is 3.65. The summed E-state index contributed by atoms with van der Waals surface area (Å²) in [7, 11) is 0. The minimum atomic E-state index is -1.36. The van der Waals surface area contributed by atoms with E-state index in [1.54, 1.807) is 6.92 Å². The molecule has 0 amide bonds. The highest BCUT2D eigenvalue weighted by Gasteiger charge is 2.39. The average molecular weight is 256 g/mol. The first-order valence-corrected chi connectivity index (χ1v) is 6.92. The second-order valence-corrected chi connectivity index (χ2v) is 5.10. The van der Waals surface area contributed by atoms with E-state index in [1.807, 2.05) is 64.1 Å². The summed E-state index contributed by atoms with van der Waals surface area (Å²) in [5, 5.41) is 0. The number of aryl methyl sites for hydroxylation is 2. The average Bonchev–Trinajstić information content (AvgIpc) is 2.61. The quantitative estimate of drug-likeness (QED) is 0.580. The lowest BCUT2D eigenvalue weighted by atomic mass is 9.94. The molecule has 0 bridgehead atoms. The number of rotatable bonds is 0. The number of benzene rings is 2. The van der Waals surface area contributed by atoms with Crippen LogP contribution in [0.3, 0.4) is 0 Å². The van der Waals surface area contributed by atoms with Crippen molar-refractivity contribution in [3.63, 3.8) is 0 Å². The van der Waals surface area contributed by atoms with Crippen LogP contribution in [0.1, 0.15) is 43.0 Å². The van der Waals surface area contributed by atoms with Gasteiger partial charge in [-0.05, 0) is 31.9 Å². The second kappa shape index (κ2) is 4.80. The first kappa shape index (κ1) is 13.8. The molecule has 0 radical (unpaired) electrons. The highest BCUT2D eigenvalue weighted by atomic mass is 19.1. The molecule has 0 saturated carbocycles. The van der Waals surface area contributed by atoms with Crippen molar-refractivity contribution in [2.45, 2.75) is 40.3 Å². The number of alkyl halides is 1. The van der Waals surface area contributed by atoms with Gasteiger partial charge in [-0.2, -0.15) is 0 Å². The zero-order valence-electron chi connectivity index (χ0n) is 12.3. The number of fused-ring (bicyclic) bond motifs is 3. The number of halogens is 1. The van der Waals surface area contributed by atoms with Crippen LogP contribution in [-0.4, -0.2) is 0 Å². The Bertz CT molecular complexity index is 556. The molecule has 0 atom stereocenters. The van der Waals surface area contributed by atoms with Crippen molar-refractivity contribution in [1.29, 1.82) is 0 Å². The van der Waals surface area contributed by atoms with Crippen LogP contribution in [0.4, 0.5) is 4.39 Å². The van der Waals surface area contributed by atoms with E-state index < -0.39 is 5.67 Å². The van der Waals surface area contributed by atoms with Gasteiger partial charge in [0.1, 0.15) is 0 Å². The van der Waals surface area contributed by atoms with Gasteiger partial charge in [0.15, 0.2) is 5.67 Å². The monoisotopic (exact) mass is 256 g/mol.